The number of non-ortho nitro benzene ring substituents is 1. The third-order valence-electron chi connectivity index (χ3n) is 3.71. The van der Waals surface area contributed by atoms with Gasteiger partial charge in [-0.1, -0.05) is 11.6 Å². The van der Waals surface area contributed by atoms with Crippen molar-refractivity contribution in [1.29, 1.82) is 0 Å². The van der Waals surface area contributed by atoms with Gasteiger partial charge < -0.3 is 9.80 Å². The minimum absolute atomic E-state index is 0.0102. The van der Waals surface area contributed by atoms with Crippen LogP contribution in [0.2, 0.25) is 5.02 Å². The summed E-state index contributed by atoms with van der Waals surface area (Å²) in [5.41, 5.74) is 0.787. The molecule has 1 aliphatic heterocycles. The van der Waals surface area contributed by atoms with E-state index in [1.54, 1.807) is 25.1 Å². The summed E-state index contributed by atoms with van der Waals surface area (Å²) in [6, 6.07) is 4.52. The highest BCUT2D eigenvalue weighted by atomic mass is 35.5. The number of benzene rings is 1. The topological polar surface area (TPSA) is 69.9 Å². The van der Waals surface area contributed by atoms with Crippen LogP contribution in [0.1, 0.15) is 0 Å². The number of amides is 1. The summed E-state index contributed by atoms with van der Waals surface area (Å²) in [6.45, 7) is 3.39. The van der Waals surface area contributed by atoms with Gasteiger partial charge in [0.1, 0.15) is 0 Å². The van der Waals surface area contributed by atoms with Gasteiger partial charge in [-0.25, -0.2) is 0 Å². The van der Waals surface area contributed by atoms with Crippen LogP contribution in [0.15, 0.2) is 18.2 Å². The molecule has 0 radical (unpaired) electrons. The highest BCUT2D eigenvalue weighted by Gasteiger charge is 2.22. The minimum atomic E-state index is -0.458. The molecule has 22 heavy (non-hydrogen) atoms. The maximum Gasteiger partial charge on any atom is 0.271 e. The Balaban J connectivity index is 1.97. The number of hydrogen-bond donors (Lipinski definition) is 0. The third-order valence-corrected chi connectivity index (χ3v) is 4.02. The predicted molar refractivity (Wildman–Crippen MR) is 85.5 cm³/mol. The van der Waals surface area contributed by atoms with Crippen molar-refractivity contribution in [3.63, 3.8) is 0 Å². The Morgan fingerprint density at radius 2 is 1.95 bits per heavy atom. The molecule has 1 heterocycles. The summed E-state index contributed by atoms with van der Waals surface area (Å²) in [5.74, 6) is 0.0850. The molecule has 0 spiro atoms. The number of likely N-dealkylation sites (N-methyl/N-ethyl adjacent to an activating group) is 1. The molecule has 1 fully saturated rings. The van der Waals surface area contributed by atoms with Gasteiger partial charge in [0.05, 0.1) is 22.2 Å². The molecule has 7 nitrogen and oxygen atoms in total. The lowest BCUT2D eigenvalue weighted by atomic mass is 10.2. The van der Waals surface area contributed by atoms with Crippen LogP contribution >= 0.6 is 11.6 Å². The normalized spacial score (nSPS) is 15.7. The second kappa shape index (κ2) is 6.93. The van der Waals surface area contributed by atoms with Crippen molar-refractivity contribution in [2.75, 3.05) is 51.7 Å². The highest BCUT2D eigenvalue weighted by molar-refractivity contribution is 6.33. The minimum Gasteiger partial charge on any atom is -0.368 e. The van der Waals surface area contributed by atoms with E-state index < -0.39 is 4.92 Å². The first-order valence-corrected chi connectivity index (χ1v) is 7.37. The van der Waals surface area contributed by atoms with E-state index in [1.807, 2.05) is 0 Å². The highest BCUT2D eigenvalue weighted by Crippen LogP contribution is 2.30. The number of carbonyl (C=O) groups is 1. The van der Waals surface area contributed by atoms with Crippen LogP contribution in [-0.2, 0) is 4.79 Å². The van der Waals surface area contributed by atoms with Crippen molar-refractivity contribution < 1.29 is 9.72 Å². The van der Waals surface area contributed by atoms with Gasteiger partial charge in [0.2, 0.25) is 5.91 Å². The van der Waals surface area contributed by atoms with Crippen LogP contribution in [0.3, 0.4) is 0 Å². The number of nitro benzene ring substituents is 1. The zero-order valence-corrected chi connectivity index (χ0v) is 13.4. The van der Waals surface area contributed by atoms with Crippen LogP contribution in [0.25, 0.3) is 0 Å². The van der Waals surface area contributed by atoms with E-state index in [4.69, 9.17) is 11.6 Å². The van der Waals surface area contributed by atoms with Crippen molar-refractivity contribution in [1.82, 2.24) is 9.80 Å². The Morgan fingerprint density at radius 1 is 1.32 bits per heavy atom. The first kappa shape index (κ1) is 16.5. The van der Waals surface area contributed by atoms with Crippen molar-refractivity contribution >= 4 is 28.9 Å². The Kier molecular flexibility index (Phi) is 5.20. The first-order chi connectivity index (χ1) is 10.4. The molecule has 0 atom stereocenters. The fourth-order valence-electron chi connectivity index (χ4n) is 2.35. The fourth-order valence-corrected chi connectivity index (χ4v) is 2.64. The molecule has 1 aromatic rings. The predicted octanol–water partition coefficient (Wildman–Crippen LogP) is 1.46. The number of nitrogens with zero attached hydrogens (tertiary/aromatic N) is 4. The molecule has 1 aromatic carbocycles. The number of halogens is 1. The average Bonchev–Trinajstić information content (AvgIpc) is 2.48. The summed E-state index contributed by atoms with van der Waals surface area (Å²) in [6.07, 6.45) is 0. The molecule has 120 valence electrons. The van der Waals surface area contributed by atoms with Gasteiger partial charge in [0.15, 0.2) is 0 Å². The van der Waals surface area contributed by atoms with Gasteiger partial charge in [0.25, 0.3) is 5.69 Å². The lowest BCUT2D eigenvalue weighted by Crippen LogP contribution is -2.49. The van der Waals surface area contributed by atoms with Gasteiger partial charge in [-0.15, -0.1) is 0 Å². The van der Waals surface area contributed by atoms with E-state index in [0.717, 1.165) is 31.9 Å². The molecule has 1 aliphatic rings. The van der Waals surface area contributed by atoms with Crippen LogP contribution < -0.4 is 4.90 Å². The maximum absolute atomic E-state index is 11.7. The molecular weight excluding hydrogens is 308 g/mol. The van der Waals surface area contributed by atoms with Crippen molar-refractivity contribution in [3.05, 3.63) is 33.3 Å². The van der Waals surface area contributed by atoms with E-state index in [9.17, 15) is 14.9 Å². The summed E-state index contributed by atoms with van der Waals surface area (Å²) >= 11 is 6.15. The van der Waals surface area contributed by atoms with E-state index >= 15 is 0 Å². The van der Waals surface area contributed by atoms with Crippen LogP contribution in [0.5, 0.6) is 0 Å². The summed E-state index contributed by atoms with van der Waals surface area (Å²) in [5, 5.41) is 11.1. The SMILES string of the molecule is CN(C)C(=O)CN1CCN(c2ccc([N+](=O)[O-])cc2Cl)CC1. The smallest absolute Gasteiger partial charge is 0.271 e. The largest absolute Gasteiger partial charge is 0.368 e. The molecule has 1 amide bonds. The molecule has 0 saturated carbocycles. The molecule has 0 N–H and O–H groups in total. The van der Waals surface area contributed by atoms with Crippen molar-refractivity contribution in [3.8, 4) is 0 Å². The molecule has 0 aromatic heterocycles. The Labute approximate surface area is 134 Å². The number of piperazine rings is 1. The first-order valence-electron chi connectivity index (χ1n) is 7.00. The van der Waals surface area contributed by atoms with Crippen LogP contribution in [0.4, 0.5) is 11.4 Å². The maximum atomic E-state index is 11.7. The van der Waals surface area contributed by atoms with Gasteiger partial charge in [-0.05, 0) is 6.07 Å². The van der Waals surface area contributed by atoms with Crippen LogP contribution in [0, 0.1) is 10.1 Å². The lowest BCUT2D eigenvalue weighted by molar-refractivity contribution is -0.384. The Morgan fingerprint density at radius 3 is 2.45 bits per heavy atom. The van der Waals surface area contributed by atoms with Crippen molar-refractivity contribution in [2.45, 2.75) is 0 Å². The lowest BCUT2D eigenvalue weighted by Gasteiger charge is -2.36. The molecular formula is C14H19ClN4O3. The zero-order valence-electron chi connectivity index (χ0n) is 12.7. The molecule has 0 aliphatic carbocycles. The molecule has 1 saturated heterocycles. The van der Waals surface area contributed by atoms with Gasteiger partial charge >= 0.3 is 0 Å². The summed E-state index contributed by atoms with van der Waals surface area (Å²) in [4.78, 5) is 27.7. The summed E-state index contributed by atoms with van der Waals surface area (Å²) < 4.78 is 0. The number of hydrogen-bond acceptors (Lipinski definition) is 5. The second-order valence-electron chi connectivity index (χ2n) is 5.44. The van der Waals surface area contributed by atoms with Crippen molar-refractivity contribution in [2.24, 2.45) is 0 Å². The second-order valence-corrected chi connectivity index (χ2v) is 5.85. The van der Waals surface area contributed by atoms with E-state index in [0.29, 0.717) is 11.6 Å². The van der Waals surface area contributed by atoms with Gasteiger partial charge in [-0.2, -0.15) is 0 Å². The number of rotatable bonds is 4. The third kappa shape index (κ3) is 3.86. The zero-order chi connectivity index (χ0) is 16.3. The average molecular weight is 327 g/mol. The summed E-state index contributed by atoms with van der Waals surface area (Å²) in [7, 11) is 3.49. The Bertz CT molecular complexity index is 571. The van der Waals surface area contributed by atoms with Gasteiger partial charge in [0, 0.05) is 52.4 Å². The van der Waals surface area contributed by atoms with Crippen LogP contribution in [-0.4, -0.2) is 67.4 Å². The quantitative estimate of drug-likeness (QED) is 0.619. The standard InChI is InChI=1S/C14H19ClN4O3/c1-16(2)14(20)10-17-5-7-18(8-6-17)13-4-3-11(19(21)22)9-12(13)15/h3-4,9H,5-8,10H2,1-2H3. The number of carbonyl (C=O) groups excluding carboxylic acids is 1. The molecule has 2 rings (SSSR count). The van der Waals surface area contributed by atoms with E-state index in [-0.39, 0.29) is 11.6 Å². The van der Waals surface area contributed by atoms with Gasteiger partial charge in [-0.3, -0.25) is 19.8 Å². The van der Waals surface area contributed by atoms with E-state index in [2.05, 4.69) is 9.80 Å². The number of nitro groups is 1. The van der Waals surface area contributed by atoms with E-state index in [1.165, 1.54) is 12.1 Å². The molecule has 8 heteroatoms. The fraction of sp³-hybridized carbons (Fsp3) is 0.500. The Hall–Kier alpha value is -1.86. The monoisotopic (exact) mass is 326 g/mol. The molecule has 0 unspecified atom stereocenters. The molecule has 0 bridgehead atoms. The number of anilines is 1.